The fourth-order valence-corrected chi connectivity index (χ4v) is 1.94. The van der Waals surface area contributed by atoms with Crippen molar-refractivity contribution in [1.29, 1.82) is 0 Å². The van der Waals surface area contributed by atoms with E-state index in [4.69, 9.17) is 4.74 Å². The predicted octanol–water partition coefficient (Wildman–Crippen LogP) is 2.95. The number of ether oxygens (including phenoxy) is 1. The Kier molecular flexibility index (Phi) is 1.68. The molecule has 2 aromatic carbocycles. The van der Waals surface area contributed by atoms with E-state index in [0.29, 0.717) is 12.4 Å². The zero-order valence-corrected chi connectivity index (χ0v) is 8.10. The van der Waals surface area contributed by atoms with Gasteiger partial charge in [0, 0.05) is 16.3 Å². The molecule has 3 rings (SSSR count). The first kappa shape index (κ1) is 8.36. The van der Waals surface area contributed by atoms with Crippen LogP contribution in [0, 0.1) is 0 Å². The first-order valence-electron chi connectivity index (χ1n) is 4.90. The monoisotopic (exact) mass is 198 g/mol. The van der Waals surface area contributed by atoms with Gasteiger partial charge in [-0.1, -0.05) is 30.3 Å². The number of fused-ring (bicyclic) bond motifs is 3. The van der Waals surface area contributed by atoms with E-state index in [1.807, 2.05) is 36.4 Å². The highest BCUT2D eigenvalue weighted by Crippen LogP contribution is 2.37. The Morgan fingerprint density at radius 2 is 1.93 bits per heavy atom. The number of hydrogen-bond acceptors (Lipinski definition) is 2. The van der Waals surface area contributed by atoms with Gasteiger partial charge in [0.1, 0.15) is 18.1 Å². The zero-order chi connectivity index (χ0) is 10.3. The van der Waals surface area contributed by atoms with E-state index in [1.54, 1.807) is 6.07 Å². The molecule has 0 aromatic heterocycles. The number of benzene rings is 2. The number of phenols is 1. The molecule has 0 aliphatic carbocycles. The molecule has 1 N–H and O–H groups in total. The van der Waals surface area contributed by atoms with E-state index in [2.05, 4.69) is 0 Å². The maximum Gasteiger partial charge on any atom is 0.135 e. The van der Waals surface area contributed by atoms with Crippen LogP contribution >= 0.6 is 0 Å². The van der Waals surface area contributed by atoms with Crippen LogP contribution in [-0.4, -0.2) is 11.7 Å². The van der Waals surface area contributed by atoms with Crippen molar-refractivity contribution in [2.24, 2.45) is 0 Å². The van der Waals surface area contributed by atoms with E-state index in [1.165, 1.54) is 0 Å². The standard InChI is InChI=1S/C13H10O2/c14-12-8-9-4-3-7-15-13(9)11-6-2-1-5-10(11)12/h1-6,8,14H,7H2. The molecule has 2 aromatic rings. The van der Waals surface area contributed by atoms with Gasteiger partial charge in [0.2, 0.25) is 0 Å². The second kappa shape index (κ2) is 3.02. The lowest BCUT2D eigenvalue weighted by atomic mass is 10.0. The molecule has 0 unspecified atom stereocenters. The van der Waals surface area contributed by atoms with Crippen molar-refractivity contribution in [3.8, 4) is 11.5 Å². The summed E-state index contributed by atoms with van der Waals surface area (Å²) >= 11 is 0. The van der Waals surface area contributed by atoms with Crippen LogP contribution in [0.3, 0.4) is 0 Å². The summed E-state index contributed by atoms with van der Waals surface area (Å²) in [6.07, 6.45) is 3.92. The second-order valence-electron chi connectivity index (χ2n) is 3.57. The van der Waals surface area contributed by atoms with E-state index >= 15 is 0 Å². The van der Waals surface area contributed by atoms with Crippen molar-refractivity contribution >= 4 is 16.8 Å². The summed E-state index contributed by atoms with van der Waals surface area (Å²) in [5, 5.41) is 11.6. The van der Waals surface area contributed by atoms with Gasteiger partial charge in [0.15, 0.2) is 0 Å². The molecule has 0 fully saturated rings. The van der Waals surface area contributed by atoms with Crippen LogP contribution in [0.25, 0.3) is 16.8 Å². The fourth-order valence-electron chi connectivity index (χ4n) is 1.94. The molecule has 0 radical (unpaired) electrons. The number of hydrogen-bond donors (Lipinski definition) is 1. The summed E-state index contributed by atoms with van der Waals surface area (Å²) < 4.78 is 5.59. The van der Waals surface area contributed by atoms with E-state index in [0.717, 1.165) is 22.1 Å². The average Bonchev–Trinajstić information content (AvgIpc) is 2.30. The van der Waals surface area contributed by atoms with Crippen LogP contribution < -0.4 is 4.74 Å². The highest BCUT2D eigenvalue weighted by molar-refractivity contribution is 5.96. The van der Waals surface area contributed by atoms with Crippen molar-refractivity contribution < 1.29 is 9.84 Å². The molecule has 74 valence electrons. The van der Waals surface area contributed by atoms with Crippen molar-refractivity contribution in [3.05, 3.63) is 42.0 Å². The normalized spacial score (nSPS) is 13.6. The van der Waals surface area contributed by atoms with Crippen LogP contribution in [0.1, 0.15) is 5.56 Å². The maximum atomic E-state index is 9.84. The van der Waals surface area contributed by atoms with Gasteiger partial charge in [0.25, 0.3) is 0 Å². The molecule has 1 aliphatic heterocycles. The average molecular weight is 198 g/mol. The van der Waals surface area contributed by atoms with Crippen molar-refractivity contribution in [1.82, 2.24) is 0 Å². The molecule has 0 amide bonds. The molecule has 1 aliphatic rings. The Labute approximate surface area is 87.4 Å². The largest absolute Gasteiger partial charge is 0.507 e. The number of aromatic hydroxyl groups is 1. The topological polar surface area (TPSA) is 29.5 Å². The lowest BCUT2D eigenvalue weighted by Gasteiger charge is -2.15. The fraction of sp³-hybridized carbons (Fsp3) is 0.0769. The van der Waals surface area contributed by atoms with Gasteiger partial charge in [-0.25, -0.2) is 0 Å². The Bertz CT molecular complexity index is 556. The van der Waals surface area contributed by atoms with Gasteiger partial charge in [0.05, 0.1) is 0 Å². The SMILES string of the molecule is Oc1cc2c(c3ccccc13)OCC=C2. The summed E-state index contributed by atoms with van der Waals surface area (Å²) in [5.41, 5.74) is 0.942. The molecule has 0 saturated carbocycles. The summed E-state index contributed by atoms with van der Waals surface area (Å²) in [5.74, 6) is 1.17. The third-order valence-corrected chi connectivity index (χ3v) is 2.62. The third kappa shape index (κ3) is 1.18. The molecule has 0 bridgehead atoms. The molecular weight excluding hydrogens is 188 g/mol. The predicted molar refractivity (Wildman–Crippen MR) is 60.1 cm³/mol. The van der Waals surface area contributed by atoms with Gasteiger partial charge in [-0.2, -0.15) is 0 Å². The highest BCUT2D eigenvalue weighted by Gasteiger charge is 2.12. The van der Waals surface area contributed by atoms with E-state index < -0.39 is 0 Å². The van der Waals surface area contributed by atoms with Crippen LogP contribution in [0.2, 0.25) is 0 Å². The molecule has 0 spiro atoms. The minimum atomic E-state index is 0.305. The minimum Gasteiger partial charge on any atom is -0.507 e. The van der Waals surface area contributed by atoms with Crippen molar-refractivity contribution in [2.75, 3.05) is 6.61 Å². The van der Waals surface area contributed by atoms with Crippen LogP contribution in [0.5, 0.6) is 11.5 Å². The van der Waals surface area contributed by atoms with Crippen molar-refractivity contribution in [2.45, 2.75) is 0 Å². The smallest absolute Gasteiger partial charge is 0.135 e. The van der Waals surface area contributed by atoms with Crippen LogP contribution in [0.4, 0.5) is 0 Å². The van der Waals surface area contributed by atoms with E-state index in [9.17, 15) is 5.11 Å². The van der Waals surface area contributed by atoms with Gasteiger partial charge in [-0.3, -0.25) is 0 Å². The summed E-state index contributed by atoms with van der Waals surface area (Å²) in [6.45, 7) is 0.599. The van der Waals surface area contributed by atoms with Crippen LogP contribution in [0.15, 0.2) is 36.4 Å². The Hall–Kier alpha value is -1.96. The summed E-state index contributed by atoms with van der Waals surface area (Å²) in [6, 6.07) is 9.46. The Morgan fingerprint density at radius 1 is 1.13 bits per heavy atom. The molecular formula is C13H10O2. The van der Waals surface area contributed by atoms with E-state index in [-0.39, 0.29) is 0 Å². The zero-order valence-electron chi connectivity index (χ0n) is 8.10. The summed E-state index contributed by atoms with van der Waals surface area (Å²) in [7, 11) is 0. The minimum absolute atomic E-state index is 0.305. The van der Waals surface area contributed by atoms with Gasteiger partial charge in [-0.15, -0.1) is 0 Å². The van der Waals surface area contributed by atoms with Crippen LogP contribution in [-0.2, 0) is 0 Å². The molecule has 1 heterocycles. The maximum absolute atomic E-state index is 9.84. The Balaban J connectivity index is 2.45. The van der Waals surface area contributed by atoms with Gasteiger partial charge in [-0.05, 0) is 12.1 Å². The number of rotatable bonds is 0. The molecule has 15 heavy (non-hydrogen) atoms. The lowest BCUT2D eigenvalue weighted by molar-refractivity contribution is 0.362. The quantitative estimate of drug-likeness (QED) is 0.705. The second-order valence-corrected chi connectivity index (χ2v) is 3.57. The molecule has 0 saturated heterocycles. The summed E-state index contributed by atoms with van der Waals surface area (Å²) in [4.78, 5) is 0. The van der Waals surface area contributed by atoms with Crippen molar-refractivity contribution in [3.63, 3.8) is 0 Å². The molecule has 2 heteroatoms. The number of phenolic OH excluding ortho intramolecular Hbond substituents is 1. The highest BCUT2D eigenvalue weighted by atomic mass is 16.5. The molecule has 0 atom stereocenters. The van der Waals surface area contributed by atoms with Gasteiger partial charge >= 0.3 is 0 Å². The molecule has 2 nitrogen and oxygen atoms in total. The first-order valence-corrected chi connectivity index (χ1v) is 4.90. The lowest BCUT2D eigenvalue weighted by Crippen LogP contribution is -2.00. The first-order chi connectivity index (χ1) is 7.36. The third-order valence-electron chi connectivity index (χ3n) is 2.62. The van der Waals surface area contributed by atoms with Gasteiger partial charge < -0.3 is 9.84 Å². The Morgan fingerprint density at radius 3 is 2.80 bits per heavy atom.